The molecule has 0 amide bonds. The number of nitrogen functional groups attached to an aromatic ring is 1. The predicted molar refractivity (Wildman–Crippen MR) is 79.1 cm³/mol. The largest absolute Gasteiger partial charge is 0.397 e. The first-order chi connectivity index (χ1) is 9.06. The second-order valence-electron chi connectivity index (χ2n) is 5.12. The highest BCUT2D eigenvalue weighted by atomic mass is 19.1. The molecule has 0 aliphatic rings. The van der Waals surface area contributed by atoms with Crippen molar-refractivity contribution in [3.05, 3.63) is 53.8 Å². The van der Waals surface area contributed by atoms with Gasteiger partial charge in [0.25, 0.3) is 0 Å². The molecule has 0 spiro atoms. The molecule has 0 bridgehead atoms. The summed E-state index contributed by atoms with van der Waals surface area (Å²) in [6, 6.07) is 12.7. The van der Waals surface area contributed by atoms with E-state index in [-0.39, 0.29) is 5.82 Å². The highest BCUT2D eigenvalue weighted by Crippen LogP contribution is 2.26. The van der Waals surface area contributed by atoms with Crippen LogP contribution in [-0.2, 0) is 6.42 Å². The van der Waals surface area contributed by atoms with Crippen molar-refractivity contribution < 1.29 is 4.39 Å². The Hall–Kier alpha value is -2.03. The first-order valence-electron chi connectivity index (χ1n) is 6.46. The number of para-hydroxylation sites is 1. The van der Waals surface area contributed by atoms with Crippen LogP contribution in [0.2, 0.25) is 0 Å². The fourth-order valence-corrected chi connectivity index (χ4v) is 2.01. The van der Waals surface area contributed by atoms with Gasteiger partial charge in [-0.15, -0.1) is 0 Å². The molecule has 2 aromatic rings. The highest BCUT2D eigenvalue weighted by molar-refractivity contribution is 5.73. The topological polar surface area (TPSA) is 38.0 Å². The van der Waals surface area contributed by atoms with Crippen LogP contribution in [0.15, 0.2) is 42.5 Å². The summed E-state index contributed by atoms with van der Waals surface area (Å²) >= 11 is 0. The van der Waals surface area contributed by atoms with Crippen molar-refractivity contribution in [2.45, 2.75) is 20.3 Å². The van der Waals surface area contributed by atoms with Crippen molar-refractivity contribution in [2.24, 2.45) is 5.92 Å². The van der Waals surface area contributed by atoms with E-state index < -0.39 is 0 Å². The van der Waals surface area contributed by atoms with Gasteiger partial charge in [0, 0.05) is 5.69 Å². The summed E-state index contributed by atoms with van der Waals surface area (Å²) in [7, 11) is 0. The lowest BCUT2D eigenvalue weighted by atomic mass is 10.0. The van der Waals surface area contributed by atoms with E-state index in [9.17, 15) is 4.39 Å². The Morgan fingerprint density at radius 3 is 2.37 bits per heavy atom. The van der Waals surface area contributed by atoms with Crippen molar-refractivity contribution in [3.8, 4) is 0 Å². The Labute approximate surface area is 113 Å². The summed E-state index contributed by atoms with van der Waals surface area (Å²) < 4.78 is 13.6. The van der Waals surface area contributed by atoms with Crippen LogP contribution in [0.3, 0.4) is 0 Å². The maximum absolute atomic E-state index is 13.6. The molecule has 0 aromatic heterocycles. The van der Waals surface area contributed by atoms with Gasteiger partial charge < -0.3 is 11.1 Å². The van der Waals surface area contributed by atoms with Crippen LogP contribution in [0, 0.1) is 11.7 Å². The summed E-state index contributed by atoms with van der Waals surface area (Å²) in [5.74, 6) is 0.285. The smallest absolute Gasteiger partial charge is 0.148 e. The second kappa shape index (κ2) is 5.74. The number of rotatable bonds is 4. The first kappa shape index (κ1) is 13.4. The number of benzene rings is 2. The summed E-state index contributed by atoms with van der Waals surface area (Å²) in [4.78, 5) is 0. The number of hydrogen-bond acceptors (Lipinski definition) is 2. The molecule has 0 saturated carbocycles. The molecular formula is C16H19FN2. The van der Waals surface area contributed by atoms with Crippen molar-refractivity contribution in [1.29, 1.82) is 0 Å². The number of anilines is 3. The molecule has 100 valence electrons. The molecule has 19 heavy (non-hydrogen) atoms. The summed E-state index contributed by atoms with van der Waals surface area (Å²) in [6.07, 6.45) is 1.04. The Balaban J connectivity index is 2.15. The Kier molecular flexibility index (Phi) is 4.05. The molecule has 2 aromatic carbocycles. The zero-order chi connectivity index (χ0) is 13.8. The molecule has 0 saturated heterocycles. The third kappa shape index (κ3) is 3.47. The van der Waals surface area contributed by atoms with Gasteiger partial charge in [-0.05, 0) is 42.2 Å². The molecular weight excluding hydrogens is 239 g/mol. The minimum atomic E-state index is -0.341. The maximum atomic E-state index is 13.6. The van der Waals surface area contributed by atoms with Gasteiger partial charge in [-0.2, -0.15) is 0 Å². The molecule has 0 unspecified atom stereocenters. The zero-order valence-corrected chi connectivity index (χ0v) is 11.3. The maximum Gasteiger partial charge on any atom is 0.148 e. The minimum absolute atomic E-state index is 0.333. The first-order valence-corrected chi connectivity index (χ1v) is 6.46. The lowest BCUT2D eigenvalue weighted by Crippen LogP contribution is -1.99. The SMILES string of the molecule is CC(C)Cc1ccc(Nc2c(N)cccc2F)cc1. The summed E-state index contributed by atoms with van der Waals surface area (Å²) in [5.41, 5.74) is 8.62. The molecule has 0 aliphatic heterocycles. The molecule has 0 fully saturated rings. The zero-order valence-electron chi connectivity index (χ0n) is 11.3. The van der Waals surface area contributed by atoms with Gasteiger partial charge in [0.2, 0.25) is 0 Å². The van der Waals surface area contributed by atoms with Gasteiger partial charge in [-0.3, -0.25) is 0 Å². The summed E-state index contributed by atoms with van der Waals surface area (Å²) in [6.45, 7) is 4.37. The van der Waals surface area contributed by atoms with E-state index in [4.69, 9.17) is 5.73 Å². The van der Waals surface area contributed by atoms with Crippen molar-refractivity contribution >= 4 is 17.1 Å². The summed E-state index contributed by atoms with van der Waals surface area (Å²) in [5, 5.41) is 3.02. The van der Waals surface area contributed by atoms with E-state index in [2.05, 4.69) is 31.3 Å². The van der Waals surface area contributed by atoms with Gasteiger partial charge in [0.05, 0.1) is 11.4 Å². The molecule has 0 radical (unpaired) electrons. The minimum Gasteiger partial charge on any atom is -0.397 e. The number of nitrogens with one attached hydrogen (secondary N) is 1. The van der Waals surface area contributed by atoms with Gasteiger partial charge in [-0.25, -0.2) is 4.39 Å². The lowest BCUT2D eigenvalue weighted by molar-refractivity contribution is 0.632. The van der Waals surface area contributed by atoms with Crippen LogP contribution in [0.4, 0.5) is 21.5 Å². The van der Waals surface area contributed by atoms with E-state index in [1.807, 2.05) is 12.1 Å². The van der Waals surface area contributed by atoms with E-state index >= 15 is 0 Å². The van der Waals surface area contributed by atoms with Crippen LogP contribution in [0.1, 0.15) is 19.4 Å². The molecule has 0 atom stereocenters. The standard InChI is InChI=1S/C16H19FN2/c1-11(2)10-12-6-8-13(9-7-12)19-16-14(17)4-3-5-15(16)18/h3-9,11,19H,10,18H2,1-2H3. The molecule has 3 heteroatoms. The average molecular weight is 258 g/mol. The van der Waals surface area contributed by atoms with E-state index in [1.54, 1.807) is 12.1 Å². The lowest BCUT2D eigenvalue weighted by Gasteiger charge is -2.11. The van der Waals surface area contributed by atoms with Crippen LogP contribution in [0.25, 0.3) is 0 Å². The normalized spacial score (nSPS) is 10.7. The van der Waals surface area contributed by atoms with Crippen LogP contribution in [0.5, 0.6) is 0 Å². The monoisotopic (exact) mass is 258 g/mol. The molecule has 2 nitrogen and oxygen atoms in total. The Morgan fingerprint density at radius 2 is 1.79 bits per heavy atom. The van der Waals surface area contributed by atoms with E-state index in [1.165, 1.54) is 11.6 Å². The van der Waals surface area contributed by atoms with E-state index in [0.29, 0.717) is 17.3 Å². The number of nitrogens with two attached hydrogens (primary N) is 1. The van der Waals surface area contributed by atoms with E-state index in [0.717, 1.165) is 12.1 Å². The van der Waals surface area contributed by atoms with Gasteiger partial charge in [0.1, 0.15) is 5.82 Å². The van der Waals surface area contributed by atoms with Crippen LogP contribution in [-0.4, -0.2) is 0 Å². The van der Waals surface area contributed by atoms with Gasteiger partial charge >= 0.3 is 0 Å². The quantitative estimate of drug-likeness (QED) is 0.800. The molecule has 3 N–H and O–H groups in total. The van der Waals surface area contributed by atoms with Crippen LogP contribution >= 0.6 is 0 Å². The average Bonchev–Trinajstić information content (AvgIpc) is 2.35. The van der Waals surface area contributed by atoms with Crippen molar-refractivity contribution in [1.82, 2.24) is 0 Å². The van der Waals surface area contributed by atoms with Gasteiger partial charge in [0.15, 0.2) is 0 Å². The third-order valence-electron chi connectivity index (χ3n) is 2.91. The fraction of sp³-hybridized carbons (Fsp3) is 0.250. The Bertz CT molecular complexity index is 527. The Morgan fingerprint density at radius 1 is 1.11 bits per heavy atom. The van der Waals surface area contributed by atoms with Crippen LogP contribution < -0.4 is 11.1 Å². The fourth-order valence-electron chi connectivity index (χ4n) is 2.01. The molecule has 2 rings (SSSR count). The van der Waals surface area contributed by atoms with Crippen molar-refractivity contribution in [3.63, 3.8) is 0 Å². The highest BCUT2D eigenvalue weighted by Gasteiger charge is 2.06. The molecule has 0 aliphatic carbocycles. The second-order valence-corrected chi connectivity index (χ2v) is 5.12. The number of halogens is 1. The predicted octanol–water partition coefficient (Wildman–Crippen LogP) is 4.35. The van der Waals surface area contributed by atoms with Crippen molar-refractivity contribution in [2.75, 3.05) is 11.1 Å². The third-order valence-corrected chi connectivity index (χ3v) is 2.91. The molecule has 0 heterocycles. The number of hydrogen-bond donors (Lipinski definition) is 2. The van der Waals surface area contributed by atoms with Gasteiger partial charge in [-0.1, -0.05) is 32.0 Å².